The fourth-order valence-corrected chi connectivity index (χ4v) is 3.81. The van der Waals surface area contributed by atoms with Crippen molar-refractivity contribution in [2.45, 2.75) is 19.3 Å². The molecular weight excluding hydrogens is 456 g/mol. The number of carbonyl (C=O) groups excluding carboxylic acids is 2. The largest absolute Gasteiger partial charge is 0.457 e. The van der Waals surface area contributed by atoms with E-state index in [-0.39, 0.29) is 17.5 Å². The standard InChI is InChI=1S/C25H23BrN2O3/c26-20-11-9-18(10-12-20)23-14-13-21(31-23)17-22(25(30)28-15-5-2-6-16-28)27-24(29)19-7-3-1-4-8-19/h1,3-4,7-14,17H,2,5-6,15-16H2,(H,27,29)/b22-17-. The van der Waals surface area contributed by atoms with Crippen LogP contribution in [-0.2, 0) is 4.79 Å². The van der Waals surface area contributed by atoms with Gasteiger partial charge in [0, 0.05) is 34.8 Å². The Labute approximate surface area is 189 Å². The highest BCUT2D eigenvalue weighted by Crippen LogP contribution is 2.25. The molecule has 0 unspecified atom stereocenters. The number of rotatable bonds is 5. The monoisotopic (exact) mass is 478 g/mol. The number of likely N-dealkylation sites (tertiary alicyclic amines) is 1. The van der Waals surface area contributed by atoms with Gasteiger partial charge in [0.05, 0.1) is 0 Å². The van der Waals surface area contributed by atoms with E-state index >= 15 is 0 Å². The first kappa shape index (κ1) is 21.1. The molecule has 4 rings (SSSR count). The van der Waals surface area contributed by atoms with Gasteiger partial charge in [0.15, 0.2) is 0 Å². The number of piperidine rings is 1. The highest BCUT2D eigenvalue weighted by Gasteiger charge is 2.23. The molecule has 1 fully saturated rings. The van der Waals surface area contributed by atoms with Crippen LogP contribution in [0.4, 0.5) is 0 Å². The van der Waals surface area contributed by atoms with Gasteiger partial charge in [-0.3, -0.25) is 9.59 Å². The number of nitrogens with one attached hydrogen (secondary N) is 1. The van der Waals surface area contributed by atoms with E-state index in [9.17, 15) is 9.59 Å². The Hall–Kier alpha value is -3.12. The van der Waals surface area contributed by atoms with Crippen molar-refractivity contribution in [1.82, 2.24) is 10.2 Å². The normalized spacial score (nSPS) is 14.4. The third kappa shape index (κ3) is 5.33. The topological polar surface area (TPSA) is 62.6 Å². The zero-order valence-corrected chi connectivity index (χ0v) is 18.6. The lowest BCUT2D eigenvalue weighted by atomic mass is 10.1. The first-order valence-electron chi connectivity index (χ1n) is 10.3. The summed E-state index contributed by atoms with van der Waals surface area (Å²) in [5.74, 6) is 0.687. The lowest BCUT2D eigenvalue weighted by Crippen LogP contribution is -2.41. The number of hydrogen-bond donors (Lipinski definition) is 1. The van der Waals surface area contributed by atoms with E-state index in [2.05, 4.69) is 21.2 Å². The van der Waals surface area contributed by atoms with Crippen molar-refractivity contribution < 1.29 is 14.0 Å². The molecule has 3 aromatic rings. The van der Waals surface area contributed by atoms with Gasteiger partial charge < -0.3 is 14.6 Å². The summed E-state index contributed by atoms with van der Waals surface area (Å²) in [4.78, 5) is 27.7. The summed E-state index contributed by atoms with van der Waals surface area (Å²) in [6, 6.07) is 20.3. The predicted octanol–water partition coefficient (Wildman–Crippen LogP) is 5.49. The third-order valence-electron chi connectivity index (χ3n) is 5.20. The molecule has 1 saturated heterocycles. The van der Waals surface area contributed by atoms with E-state index in [1.165, 1.54) is 0 Å². The van der Waals surface area contributed by atoms with E-state index in [4.69, 9.17) is 4.42 Å². The Morgan fingerprint density at radius 2 is 1.61 bits per heavy atom. The second kappa shape index (κ2) is 9.79. The molecule has 0 saturated carbocycles. The minimum absolute atomic E-state index is 0.189. The molecule has 0 spiro atoms. The Bertz CT molecular complexity index is 1080. The van der Waals surface area contributed by atoms with E-state index in [1.807, 2.05) is 36.4 Å². The summed E-state index contributed by atoms with van der Waals surface area (Å²) in [7, 11) is 0. The molecule has 1 aliphatic rings. The first-order chi connectivity index (χ1) is 15.1. The Morgan fingerprint density at radius 1 is 0.903 bits per heavy atom. The van der Waals surface area contributed by atoms with Crippen LogP contribution in [0.1, 0.15) is 35.4 Å². The zero-order chi connectivity index (χ0) is 21.6. The molecule has 1 N–H and O–H groups in total. The number of nitrogens with zero attached hydrogens (tertiary/aromatic N) is 1. The highest BCUT2D eigenvalue weighted by molar-refractivity contribution is 9.10. The molecule has 2 heterocycles. The molecule has 31 heavy (non-hydrogen) atoms. The summed E-state index contributed by atoms with van der Waals surface area (Å²) in [5, 5.41) is 2.80. The number of amides is 2. The predicted molar refractivity (Wildman–Crippen MR) is 124 cm³/mol. The van der Waals surface area contributed by atoms with Gasteiger partial charge in [0.2, 0.25) is 0 Å². The van der Waals surface area contributed by atoms with Gasteiger partial charge in [-0.05, 0) is 55.7 Å². The lowest BCUT2D eigenvalue weighted by Gasteiger charge is -2.27. The molecule has 0 radical (unpaired) electrons. The van der Waals surface area contributed by atoms with Gasteiger partial charge in [0.1, 0.15) is 17.2 Å². The zero-order valence-electron chi connectivity index (χ0n) is 17.0. The third-order valence-corrected chi connectivity index (χ3v) is 5.73. The van der Waals surface area contributed by atoms with Crippen LogP contribution in [0.25, 0.3) is 17.4 Å². The maximum atomic E-state index is 13.2. The van der Waals surface area contributed by atoms with E-state index in [1.54, 1.807) is 41.3 Å². The van der Waals surface area contributed by atoms with Gasteiger partial charge in [-0.1, -0.05) is 46.3 Å². The fourth-order valence-electron chi connectivity index (χ4n) is 3.54. The summed E-state index contributed by atoms with van der Waals surface area (Å²) >= 11 is 3.43. The van der Waals surface area contributed by atoms with Gasteiger partial charge in [0.25, 0.3) is 11.8 Å². The number of benzene rings is 2. The highest BCUT2D eigenvalue weighted by atomic mass is 79.9. The molecule has 5 nitrogen and oxygen atoms in total. The molecular formula is C25H23BrN2O3. The number of carbonyl (C=O) groups is 2. The molecule has 0 bridgehead atoms. The number of hydrogen-bond acceptors (Lipinski definition) is 3. The molecule has 6 heteroatoms. The maximum Gasteiger partial charge on any atom is 0.270 e. The summed E-state index contributed by atoms with van der Waals surface area (Å²) < 4.78 is 6.94. The van der Waals surface area contributed by atoms with Crippen molar-refractivity contribution in [3.05, 3.63) is 88.2 Å². The SMILES string of the molecule is O=C(N/C(=C\c1ccc(-c2ccc(Br)cc2)o1)C(=O)N1CCCCC1)c1ccccc1. The average molecular weight is 479 g/mol. The lowest BCUT2D eigenvalue weighted by molar-refractivity contribution is -0.128. The van der Waals surface area contributed by atoms with Crippen LogP contribution in [0.3, 0.4) is 0 Å². The van der Waals surface area contributed by atoms with Crippen LogP contribution < -0.4 is 5.32 Å². The van der Waals surface area contributed by atoms with Crippen molar-refractivity contribution in [1.29, 1.82) is 0 Å². The van der Waals surface area contributed by atoms with E-state index in [0.717, 1.165) is 29.3 Å². The Balaban J connectivity index is 1.61. The Kier molecular flexibility index (Phi) is 6.67. The molecule has 2 aromatic carbocycles. The van der Waals surface area contributed by atoms with Crippen molar-refractivity contribution in [2.75, 3.05) is 13.1 Å². The number of furan rings is 1. The minimum Gasteiger partial charge on any atom is -0.457 e. The van der Waals surface area contributed by atoms with Gasteiger partial charge in [-0.15, -0.1) is 0 Å². The molecule has 1 aromatic heterocycles. The Morgan fingerprint density at radius 3 is 2.32 bits per heavy atom. The van der Waals surface area contributed by atoms with Crippen molar-refractivity contribution >= 4 is 33.8 Å². The molecule has 158 valence electrons. The average Bonchev–Trinajstić information content (AvgIpc) is 3.28. The van der Waals surface area contributed by atoms with Crippen LogP contribution in [0.5, 0.6) is 0 Å². The minimum atomic E-state index is -0.322. The van der Waals surface area contributed by atoms with E-state index in [0.29, 0.717) is 30.2 Å². The maximum absolute atomic E-state index is 13.2. The van der Waals surface area contributed by atoms with Gasteiger partial charge in [-0.2, -0.15) is 0 Å². The molecule has 0 aliphatic carbocycles. The van der Waals surface area contributed by atoms with Crippen LogP contribution >= 0.6 is 15.9 Å². The van der Waals surface area contributed by atoms with Crippen molar-refractivity contribution in [2.24, 2.45) is 0 Å². The number of halogens is 1. The summed E-state index contributed by atoms with van der Waals surface area (Å²) in [6.07, 6.45) is 4.67. The fraction of sp³-hybridized carbons (Fsp3) is 0.200. The van der Waals surface area contributed by atoms with Crippen molar-refractivity contribution in [3.8, 4) is 11.3 Å². The molecule has 0 atom stereocenters. The molecule has 2 amide bonds. The summed E-state index contributed by atoms with van der Waals surface area (Å²) in [6.45, 7) is 1.39. The quantitative estimate of drug-likeness (QED) is 0.492. The van der Waals surface area contributed by atoms with Crippen LogP contribution in [-0.4, -0.2) is 29.8 Å². The molecule has 1 aliphatic heterocycles. The smallest absolute Gasteiger partial charge is 0.270 e. The van der Waals surface area contributed by atoms with Crippen LogP contribution in [0.15, 0.2) is 81.3 Å². The van der Waals surface area contributed by atoms with Crippen molar-refractivity contribution in [3.63, 3.8) is 0 Å². The first-order valence-corrected chi connectivity index (χ1v) is 11.1. The second-order valence-electron chi connectivity index (χ2n) is 7.44. The van der Waals surface area contributed by atoms with Crippen LogP contribution in [0.2, 0.25) is 0 Å². The van der Waals surface area contributed by atoms with E-state index < -0.39 is 0 Å². The second-order valence-corrected chi connectivity index (χ2v) is 8.36. The van der Waals surface area contributed by atoms with Crippen LogP contribution in [0, 0.1) is 0 Å². The summed E-state index contributed by atoms with van der Waals surface area (Å²) in [5.41, 5.74) is 1.64. The van der Waals surface area contributed by atoms with Gasteiger partial charge >= 0.3 is 0 Å². The van der Waals surface area contributed by atoms with Gasteiger partial charge in [-0.25, -0.2) is 0 Å².